The summed E-state index contributed by atoms with van der Waals surface area (Å²) in [6.45, 7) is 12.6. The molecule has 8 heteroatoms. The Kier molecular flexibility index (Phi) is 7.81. The van der Waals surface area contributed by atoms with E-state index in [0.717, 1.165) is 31.6 Å². The molecule has 1 aliphatic rings. The Morgan fingerprint density at radius 1 is 1.24 bits per heavy atom. The average molecular weight is 433 g/mol. The summed E-state index contributed by atoms with van der Waals surface area (Å²) >= 11 is 0. The molecular formula is C21H35F3N2O2Si. The van der Waals surface area contributed by atoms with E-state index < -0.39 is 21.1 Å². The lowest BCUT2D eigenvalue weighted by Crippen LogP contribution is -2.44. The lowest BCUT2D eigenvalue weighted by atomic mass is 10.1. The lowest BCUT2D eigenvalue weighted by molar-refractivity contribution is -0.153. The van der Waals surface area contributed by atoms with Gasteiger partial charge in [-0.2, -0.15) is 13.2 Å². The zero-order chi connectivity index (χ0) is 21.9. The van der Waals surface area contributed by atoms with Gasteiger partial charge in [0.05, 0.1) is 6.10 Å². The molecule has 0 aromatic heterocycles. The van der Waals surface area contributed by atoms with Crippen LogP contribution in [0.4, 0.5) is 13.2 Å². The number of benzene rings is 1. The van der Waals surface area contributed by atoms with Gasteiger partial charge >= 0.3 is 6.18 Å². The number of hydrogen-bond acceptors (Lipinski definition) is 4. The van der Waals surface area contributed by atoms with Crippen molar-refractivity contribution in [2.75, 3.05) is 33.3 Å². The first-order valence-corrected chi connectivity index (χ1v) is 13.1. The maximum Gasteiger partial charge on any atom is 0.422 e. The number of rotatable bonds is 8. The number of halogens is 3. The van der Waals surface area contributed by atoms with E-state index in [1.54, 1.807) is 18.2 Å². The zero-order valence-electron chi connectivity index (χ0n) is 18.4. The van der Waals surface area contributed by atoms with Crippen molar-refractivity contribution in [2.45, 2.75) is 63.6 Å². The Morgan fingerprint density at radius 2 is 1.93 bits per heavy atom. The number of likely N-dealkylation sites (tertiary alicyclic amines) is 1. The van der Waals surface area contributed by atoms with E-state index in [1.807, 2.05) is 13.1 Å². The predicted molar refractivity (Wildman–Crippen MR) is 113 cm³/mol. The van der Waals surface area contributed by atoms with Crippen LogP contribution in [0.25, 0.3) is 0 Å². The summed E-state index contributed by atoms with van der Waals surface area (Å²) in [5, 5.41) is 3.47. The highest BCUT2D eigenvalue weighted by molar-refractivity contribution is 6.74. The molecule has 166 valence electrons. The minimum Gasteiger partial charge on any atom is -0.484 e. The van der Waals surface area contributed by atoms with Crippen molar-refractivity contribution in [3.8, 4) is 5.75 Å². The highest BCUT2D eigenvalue weighted by Gasteiger charge is 2.40. The fourth-order valence-electron chi connectivity index (χ4n) is 3.26. The Bertz CT molecular complexity index is 662. The van der Waals surface area contributed by atoms with Crippen LogP contribution in [0.2, 0.25) is 18.1 Å². The Balaban J connectivity index is 1.95. The number of ether oxygens (including phenoxy) is 1. The van der Waals surface area contributed by atoms with Gasteiger partial charge in [-0.25, -0.2) is 0 Å². The Morgan fingerprint density at radius 3 is 2.52 bits per heavy atom. The molecule has 0 radical (unpaired) electrons. The van der Waals surface area contributed by atoms with Crippen molar-refractivity contribution >= 4 is 8.32 Å². The van der Waals surface area contributed by atoms with Crippen LogP contribution in [0.5, 0.6) is 5.75 Å². The quantitative estimate of drug-likeness (QED) is 0.587. The number of nitrogens with zero attached hydrogens (tertiary/aromatic N) is 1. The van der Waals surface area contributed by atoms with Gasteiger partial charge in [0.25, 0.3) is 0 Å². The summed E-state index contributed by atoms with van der Waals surface area (Å²) in [4.78, 5) is 2.36. The van der Waals surface area contributed by atoms with Crippen molar-refractivity contribution in [1.82, 2.24) is 10.2 Å². The first-order chi connectivity index (χ1) is 13.3. The van der Waals surface area contributed by atoms with Gasteiger partial charge in [-0.15, -0.1) is 0 Å². The maximum atomic E-state index is 12.4. The molecule has 1 aliphatic heterocycles. The number of nitrogens with one attached hydrogen (secondary N) is 1. The first kappa shape index (κ1) is 24.2. The number of alkyl halides is 3. The third kappa shape index (κ3) is 7.27. The fraction of sp³-hybridized carbons (Fsp3) is 0.714. The van der Waals surface area contributed by atoms with Gasteiger partial charge < -0.3 is 14.5 Å². The van der Waals surface area contributed by atoms with Crippen LogP contribution in [0, 0.1) is 0 Å². The summed E-state index contributed by atoms with van der Waals surface area (Å²) < 4.78 is 48.7. The molecule has 0 aliphatic carbocycles. The normalized spacial score (nSPS) is 20.1. The van der Waals surface area contributed by atoms with Crippen LogP contribution < -0.4 is 10.1 Å². The van der Waals surface area contributed by atoms with Gasteiger partial charge in [0.15, 0.2) is 14.9 Å². The second-order valence-electron chi connectivity index (χ2n) is 9.37. The van der Waals surface area contributed by atoms with Crippen molar-refractivity contribution in [3.05, 3.63) is 29.8 Å². The smallest absolute Gasteiger partial charge is 0.422 e. The van der Waals surface area contributed by atoms with Gasteiger partial charge in [0.1, 0.15) is 5.75 Å². The van der Waals surface area contributed by atoms with Gasteiger partial charge in [-0.1, -0.05) is 32.9 Å². The summed E-state index contributed by atoms with van der Waals surface area (Å²) in [6.07, 6.45) is -3.08. The second-order valence-corrected chi connectivity index (χ2v) is 14.1. The molecule has 4 nitrogen and oxygen atoms in total. The molecule has 1 saturated heterocycles. The third-order valence-electron chi connectivity index (χ3n) is 5.95. The monoisotopic (exact) mass is 432 g/mol. The van der Waals surface area contributed by atoms with E-state index in [9.17, 15) is 13.2 Å². The summed E-state index contributed by atoms with van der Waals surface area (Å²) in [6, 6.07) is 6.91. The summed E-state index contributed by atoms with van der Waals surface area (Å²) in [5.41, 5.74) is 0.918. The van der Waals surface area contributed by atoms with E-state index >= 15 is 0 Å². The lowest BCUT2D eigenvalue weighted by Gasteiger charge is -2.38. The maximum absolute atomic E-state index is 12.4. The van der Waals surface area contributed by atoms with Crippen molar-refractivity contribution in [3.63, 3.8) is 0 Å². The molecule has 2 atom stereocenters. The SMILES string of the molecule is CN[C@H](CN1CC[C@H](O[Si](C)(C)C(C)(C)C)C1)c1cccc(OCC(F)(F)F)c1. The van der Waals surface area contributed by atoms with E-state index in [-0.39, 0.29) is 22.9 Å². The molecule has 1 heterocycles. The second kappa shape index (κ2) is 9.37. The number of hydrogen-bond donors (Lipinski definition) is 1. The molecule has 1 fully saturated rings. The molecule has 1 aromatic rings. The minimum atomic E-state index is -4.34. The highest BCUT2D eigenvalue weighted by Crippen LogP contribution is 2.38. The molecule has 0 unspecified atom stereocenters. The molecule has 1 aromatic carbocycles. The molecule has 0 bridgehead atoms. The highest BCUT2D eigenvalue weighted by atomic mass is 28.4. The topological polar surface area (TPSA) is 33.7 Å². The van der Waals surface area contributed by atoms with E-state index in [4.69, 9.17) is 9.16 Å². The van der Waals surface area contributed by atoms with E-state index in [2.05, 4.69) is 44.1 Å². The van der Waals surface area contributed by atoms with Gasteiger partial charge in [0, 0.05) is 25.7 Å². The Hall–Kier alpha value is -1.09. The van der Waals surface area contributed by atoms with Gasteiger partial charge in [0.2, 0.25) is 0 Å². The molecular weight excluding hydrogens is 397 g/mol. The van der Waals surface area contributed by atoms with Crippen LogP contribution in [0.1, 0.15) is 38.8 Å². The molecule has 29 heavy (non-hydrogen) atoms. The van der Waals surface area contributed by atoms with Crippen LogP contribution in [-0.2, 0) is 4.43 Å². The zero-order valence-corrected chi connectivity index (χ0v) is 19.4. The van der Waals surface area contributed by atoms with Crippen molar-refractivity contribution < 1.29 is 22.3 Å². The molecule has 0 saturated carbocycles. The molecule has 2 rings (SSSR count). The van der Waals surface area contributed by atoms with Crippen LogP contribution in [-0.4, -0.2) is 58.8 Å². The molecule has 0 spiro atoms. The molecule has 1 N–H and O–H groups in total. The van der Waals surface area contributed by atoms with Gasteiger partial charge in [-0.05, 0) is 49.3 Å². The van der Waals surface area contributed by atoms with Crippen LogP contribution in [0.3, 0.4) is 0 Å². The van der Waals surface area contributed by atoms with Crippen molar-refractivity contribution in [2.24, 2.45) is 0 Å². The summed E-state index contributed by atoms with van der Waals surface area (Å²) in [5.74, 6) is 0.237. The first-order valence-electron chi connectivity index (χ1n) is 10.2. The third-order valence-corrected chi connectivity index (χ3v) is 10.5. The fourth-order valence-corrected chi connectivity index (χ4v) is 4.64. The minimum absolute atomic E-state index is 0.0102. The molecule has 0 amide bonds. The average Bonchev–Trinajstić information content (AvgIpc) is 3.03. The van der Waals surface area contributed by atoms with Crippen LogP contribution >= 0.6 is 0 Å². The number of likely N-dealkylation sites (N-methyl/N-ethyl adjacent to an activating group) is 1. The van der Waals surface area contributed by atoms with Gasteiger partial charge in [-0.3, -0.25) is 4.90 Å². The Labute approximate surface area is 173 Å². The summed E-state index contributed by atoms with van der Waals surface area (Å²) in [7, 11) is 0.0741. The largest absolute Gasteiger partial charge is 0.484 e. The standard InChI is InChI=1S/C21H35F3N2O2Si/c1-20(2,3)29(5,6)28-18-10-11-26(13-18)14-19(25-4)16-8-7-9-17(12-16)27-15-21(22,23)24/h7-9,12,18-19,25H,10-11,13-15H2,1-6H3/t18-,19+/m0/s1. The van der Waals surface area contributed by atoms with E-state index in [1.165, 1.54) is 0 Å². The van der Waals surface area contributed by atoms with Crippen LogP contribution in [0.15, 0.2) is 24.3 Å². The predicted octanol–water partition coefficient (Wildman–Crippen LogP) is 4.98. The van der Waals surface area contributed by atoms with Crippen molar-refractivity contribution in [1.29, 1.82) is 0 Å². The van der Waals surface area contributed by atoms with E-state index in [0.29, 0.717) is 0 Å².